The molecule has 0 spiro atoms. The predicted molar refractivity (Wildman–Crippen MR) is 35.2 cm³/mol. The summed E-state index contributed by atoms with van der Waals surface area (Å²) in [5.41, 5.74) is 0. The smallest absolute Gasteiger partial charge is 0.189 e. The van der Waals surface area contributed by atoms with Crippen LogP contribution in [0.15, 0.2) is 11.5 Å². The molecule has 12 heavy (non-hydrogen) atoms. The summed E-state index contributed by atoms with van der Waals surface area (Å²) in [6, 6.07) is 0. The molecule has 0 aromatic carbocycles. The average Bonchev–Trinajstić information content (AvgIpc) is 2.08. The average molecular weight is 176 g/mol. The molecule has 0 aliphatic carbocycles. The topological polar surface area (TPSA) is 107 Å². The zero-order valence-electron chi connectivity index (χ0n) is 5.91. The normalized spacial score (nSPS) is 36.7. The Bertz CT molecular complexity index is 222. The minimum Gasteiger partial charge on any atom is -0.506 e. The van der Waals surface area contributed by atoms with E-state index in [0.717, 1.165) is 0 Å². The van der Waals surface area contributed by atoms with E-state index in [1.54, 1.807) is 0 Å². The summed E-state index contributed by atoms with van der Waals surface area (Å²) < 4.78 is 4.40. The van der Waals surface area contributed by atoms with Crippen molar-refractivity contribution in [1.29, 1.82) is 0 Å². The molecule has 68 valence electrons. The maximum absolute atomic E-state index is 10.1. The summed E-state index contributed by atoms with van der Waals surface area (Å²) in [6.45, 7) is 0. The first-order chi connectivity index (χ1) is 5.57. The van der Waals surface area contributed by atoms with Crippen molar-refractivity contribution in [2.75, 3.05) is 0 Å². The van der Waals surface area contributed by atoms with Crippen LogP contribution in [0, 0.1) is 0 Å². The molecule has 0 saturated heterocycles. The van der Waals surface area contributed by atoms with Crippen LogP contribution < -0.4 is 0 Å². The van der Waals surface area contributed by atoms with Gasteiger partial charge in [0.15, 0.2) is 36.3 Å². The van der Waals surface area contributed by atoms with E-state index in [1.165, 1.54) is 0 Å². The van der Waals surface area contributed by atoms with Gasteiger partial charge >= 0.3 is 0 Å². The molecule has 0 saturated carbocycles. The number of carbonyl (C=O) groups is 1. The number of hydrogen-bond donors (Lipinski definition) is 4. The first-order valence-electron chi connectivity index (χ1n) is 3.16. The summed E-state index contributed by atoms with van der Waals surface area (Å²) in [6.07, 6.45) is -4.62. The minimum atomic E-state index is -1.71. The van der Waals surface area contributed by atoms with Gasteiger partial charge in [-0.2, -0.15) is 0 Å². The molecular formula is C6H8O6. The summed E-state index contributed by atoms with van der Waals surface area (Å²) in [4.78, 5) is 10.1. The Kier molecular flexibility index (Phi) is 2.32. The molecule has 1 aliphatic heterocycles. The Morgan fingerprint density at radius 3 is 2.33 bits per heavy atom. The fourth-order valence-electron chi connectivity index (χ4n) is 0.818. The van der Waals surface area contributed by atoms with Crippen LogP contribution in [-0.2, 0) is 9.53 Å². The fourth-order valence-corrected chi connectivity index (χ4v) is 0.818. The van der Waals surface area contributed by atoms with Crippen LogP contribution in [-0.4, -0.2) is 45.2 Å². The second kappa shape index (κ2) is 3.10. The summed E-state index contributed by atoms with van der Waals surface area (Å²) >= 11 is 0. The van der Waals surface area contributed by atoms with E-state index >= 15 is 0 Å². The third-order valence-corrected chi connectivity index (χ3v) is 1.49. The number of aliphatic hydroxyl groups is 4. The van der Waals surface area contributed by atoms with Crippen LogP contribution in [0.2, 0.25) is 0 Å². The number of rotatable bonds is 1. The molecule has 0 amide bonds. The first-order valence-corrected chi connectivity index (χ1v) is 3.16. The molecule has 0 aromatic heterocycles. The van der Waals surface area contributed by atoms with Crippen molar-refractivity contribution in [2.45, 2.75) is 18.5 Å². The number of aldehydes is 1. The Labute approximate surface area is 67.3 Å². The Morgan fingerprint density at radius 1 is 1.25 bits per heavy atom. The molecule has 1 heterocycles. The SMILES string of the molecule is O=CC1OC(O)C(O)C(O)=C1O. The van der Waals surface area contributed by atoms with Crippen LogP contribution in [0.4, 0.5) is 0 Å². The number of carbonyl (C=O) groups excluding carboxylic acids is 1. The highest BCUT2D eigenvalue weighted by Crippen LogP contribution is 2.20. The van der Waals surface area contributed by atoms with Gasteiger partial charge in [-0.05, 0) is 0 Å². The molecule has 4 N–H and O–H groups in total. The van der Waals surface area contributed by atoms with Crippen molar-refractivity contribution in [2.24, 2.45) is 0 Å². The lowest BCUT2D eigenvalue weighted by Crippen LogP contribution is -2.41. The molecule has 6 nitrogen and oxygen atoms in total. The molecule has 3 unspecified atom stereocenters. The van der Waals surface area contributed by atoms with Crippen molar-refractivity contribution in [1.82, 2.24) is 0 Å². The number of aliphatic hydroxyl groups excluding tert-OH is 4. The van der Waals surface area contributed by atoms with Gasteiger partial charge in [0.05, 0.1) is 0 Å². The van der Waals surface area contributed by atoms with E-state index in [-0.39, 0.29) is 6.29 Å². The summed E-state index contributed by atoms with van der Waals surface area (Å²) in [5, 5.41) is 35.5. The zero-order valence-corrected chi connectivity index (χ0v) is 5.91. The molecular weight excluding hydrogens is 168 g/mol. The van der Waals surface area contributed by atoms with Gasteiger partial charge in [-0.1, -0.05) is 0 Å². The largest absolute Gasteiger partial charge is 0.506 e. The predicted octanol–water partition coefficient (Wildman–Crippen LogP) is -1.41. The van der Waals surface area contributed by atoms with Gasteiger partial charge in [0.2, 0.25) is 0 Å². The Hall–Kier alpha value is -1.11. The van der Waals surface area contributed by atoms with E-state index in [4.69, 9.17) is 20.4 Å². The monoisotopic (exact) mass is 176 g/mol. The standard InChI is InChI=1S/C6H8O6/c7-1-2-3(8)4(9)5(10)6(11)12-2/h1-2,5-6,8-11H. The summed E-state index contributed by atoms with van der Waals surface area (Å²) in [7, 11) is 0. The van der Waals surface area contributed by atoms with Gasteiger partial charge in [0, 0.05) is 0 Å². The molecule has 6 heteroatoms. The zero-order chi connectivity index (χ0) is 9.30. The van der Waals surface area contributed by atoms with Crippen molar-refractivity contribution >= 4 is 6.29 Å². The lowest BCUT2D eigenvalue weighted by molar-refractivity contribution is -0.195. The third kappa shape index (κ3) is 1.27. The second-order valence-electron chi connectivity index (χ2n) is 2.30. The Morgan fingerprint density at radius 2 is 1.83 bits per heavy atom. The van der Waals surface area contributed by atoms with Crippen molar-refractivity contribution in [3.63, 3.8) is 0 Å². The highest BCUT2D eigenvalue weighted by atomic mass is 16.6. The lowest BCUT2D eigenvalue weighted by atomic mass is 10.1. The van der Waals surface area contributed by atoms with Crippen LogP contribution in [0.1, 0.15) is 0 Å². The maximum Gasteiger partial charge on any atom is 0.189 e. The molecule has 0 fully saturated rings. The van der Waals surface area contributed by atoms with Gasteiger partial charge in [-0.15, -0.1) is 0 Å². The first kappa shape index (κ1) is 8.98. The second-order valence-corrected chi connectivity index (χ2v) is 2.30. The highest BCUT2D eigenvalue weighted by Gasteiger charge is 2.35. The molecule has 0 bridgehead atoms. The minimum absolute atomic E-state index is 0.195. The van der Waals surface area contributed by atoms with Gasteiger partial charge in [-0.25, -0.2) is 0 Å². The fraction of sp³-hybridized carbons (Fsp3) is 0.500. The number of hydrogen-bond acceptors (Lipinski definition) is 6. The third-order valence-electron chi connectivity index (χ3n) is 1.49. The van der Waals surface area contributed by atoms with Crippen LogP contribution in [0.25, 0.3) is 0 Å². The maximum atomic E-state index is 10.1. The molecule has 0 aromatic rings. The number of ether oxygens (including phenoxy) is 1. The quantitative estimate of drug-likeness (QED) is 0.366. The van der Waals surface area contributed by atoms with E-state index in [0.29, 0.717) is 0 Å². The van der Waals surface area contributed by atoms with E-state index in [1.807, 2.05) is 0 Å². The van der Waals surface area contributed by atoms with E-state index in [9.17, 15) is 4.79 Å². The van der Waals surface area contributed by atoms with E-state index in [2.05, 4.69) is 4.74 Å². The van der Waals surface area contributed by atoms with Crippen LogP contribution in [0.5, 0.6) is 0 Å². The van der Waals surface area contributed by atoms with E-state index < -0.39 is 30.0 Å². The van der Waals surface area contributed by atoms with Gasteiger partial charge < -0.3 is 25.2 Å². The van der Waals surface area contributed by atoms with Crippen LogP contribution >= 0.6 is 0 Å². The van der Waals surface area contributed by atoms with Crippen molar-refractivity contribution in [3.05, 3.63) is 11.5 Å². The summed E-state index contributed by atoms with van der Waals surface area (Å²) in [5.74, 6) is -1.62. The molecule has 3 atom stereocenters. The van der Waals surface area contributed by atoms with Crippen molar-refractivity contribution in [3.8, 4) is 0 Å². The Balaban J connectivity index is 2.94. The van der Waals surface area contributed by atoms with Gasteiger partial charge in [0.25, 0.3) is 0 Å². The highest BCUT2D eigenvalue weighted by molar-refractivity contribution is 5.61. The molecule has 1 rings (SSSR count). The molecule has 0 radical (unpaired) electrons. The van der Waals surface area contributed by atoms with Gasteiger partial charge in [0.1, 0.15) is 0 Å². The van der Waals surface area contributed by atoms with Crippen molar-refractivity contribution < 1.29 is 30.0 Å². The molecule has 1 aliphatic rings. The van der Waals surface area contributed by atoms with Gasteiger partial charge in [-0.3, -0.25) is 4.79 Å². The van der Waals surface area contributed by atoms with Crippen LogP contribution in [0.3, 0.4) is 0 Å². The lowest BCUT2D eigenvalue weighted by Gasteiger charge is -2.26.